The molecule has 1 fully saturated rings. The number of nitrogens with zero attached hydrogens (tertiary/aromatic N) is 2. The van der Waals surface area contributed by atoms with Crippen molar-refractivity contribution in [1.82, 2.24) is 4.90 Å². The van der Waals surface area contributed by atoms with Crippen LogP contribution in [0.15, 0.2) is 5.16 Å². The molecule has 1 rings (SSSR count). The van der Waals surface area contributed by atoms with E-state index in [2.05, 4.69) is 5.16 Å². The third-order valence-corrected chi connectivity index (χ3v) is 2.83. The summed E-state index contributed by atoms with van der Waals surface area (Å²) in [5.41, 5.74) is 5.27. The molecule has 0 aliphatic carbocycles. The van der Waals surface area contributed by atoms with E-state index in [0.29, 0.717) is 0 Å². The van der Waals surface area contributed by atoms with Crippen molar-refractivity contribution in [2.75, 3.05) is 33.4 Å². The molecule has 0 unspecified atom stereocenters. The Bertz CT molecular complexity index is 283. The summed E-state index contributed by atoms with van der Waals surface area (Å²) >= 11 is 0. The van der Waals surface area contributed by atoms with E-state index in [4.69, 9.17) is 15.7 Å². The van der Waals surface area contributed by atoms with Gasteiger partial charge >= 0.3 is 6.18 Å². The summed E-state index contributed by atoms with van der Waals surface area (Å²) in [5, 5.41) is 11.1. The summed E-state index contributed by atoms with van der Waals surface area (Å²) in [6.07, 6.45) is -4.25. The third kappa shape index (κ3) is 3.74. The van der Waals surface area contributed by atoms with Crippen molar-refractivity contribution in [3.05, 3.63) is 0 Å². The first-order chi connectivity index (χ1) is 7.88. The summed E-state index contributed by atoms with van der Waals surface area (Å²) in [5.74, 6) is -2.12. The van der Waals surface area contributed by atoms with E-state index in [1.54, 1.807) is 0 Å². The molecule has 0 spiro atoms. The molecule has 0 aromatic carbocycles. The van der Waals surface area contributed by atoms with E-state index < -0.39 is 18.0 Å². The Balaban J connectivity index is 2.65. The zero-order valence-electron chi connectivity index (χ0n) is 9.44. The fraction of sp³-hybridized carbons (Fsp3) is 0.889. The molecule has 8 heteroatoms. The number of oxime groups is 1. The van der Waals surface area contributed by atoms with Crippen molar-refractivity contribution in [3.63, 3.8) is 0 Å². The molecule has 1 aliphatic heterocycles. The molecule has 0 amide bonds. The molecule has 5 nitrogen and oxygen atoms in total. The SMILES string of the molecule is COC[C@H]1CN(CC(N)=NO)C[C@H]1C(F)(F)F. The Morgan fingerprint density at radius 1 is 1.53 bits per heavy atom. The van der Waals surface area contributed by atoms with Crippen molar-refractivity contribution in [1.29, 1.82) is 0 Å². The van der Waals surface area contributed by atoms with E-state index >= 15 is 0 Å². The number of halogens is 3. The number of hydrogen-bond acceptors (Lipinski definition) is 4. The molecule has 100 valence electrons. The van der Waals surface area contributed by atoms with Crippen LogP contribution in [0.4, 0.5) is 13.2 Å². The average Bonchev–Trinajstić information content (AvgIpc) is 2.61. The zero-order valence-corrected chi connectivity index (χ0v) is 9.44. The van der Waals surface area contributed by atoms with Gasteiger partial charge in [-0.3, -0.25) is 4.90 Å². The maximum Gasteiger partial charge on any atom is 0.393 e. The van der Waals surface area contributed by atoms with E-state index in [0.717, 1.165) is 0 Å². The predicted octanol–water partition coefficient (Wildman–Crippen LogP) is 0.490. The first kappa shape index (κ1) is 14.0. The molecule has 17 heavy (non-hydrogen) atoms. The Hall–Kier alpha value is -1.02. The molecule has 1 heterocycles. The molecule has 0 aromatic heterocycles. The Morgan fingerprint density at radius 3 is 2.65 bits per heavy atom. The van der Waals surface area contributed by atoms with Crippen molar-refractivity contribution in [2.24, 2.45) is 22.7 Å². The molecule has 1 aliphatic rings. The number of likely N-dealkylation sites (tertiary alicyclic amines) is 1. The summed E-state index contributed by atoms with van der Waals surface area (Å²) in [6, 6.07) is 0. The van der Waals surface area contributed by atoms with Gasteiger partial charge < -0.3 is 15.7 Å². The van der Waals surface area contributed by atoms with Gasteiger partial charge in [0.15, 0.2) is 5.84 Å². The van der Waals surface area contributed by atoms with Gasteiger partial charge in [0.05, 0.1) is 19.1 Å². The lowest BCUT2D eigenvalue weighted by Gasteiger charge is -2.20. The number of methoxy groups -OCH3 is 1. The lowest BCUT2D eigenvalue weighted by Crippen LogP contribution is -2.34. The van der Waals surface area contributed by atoms with Crippen LogP contribution in [0.1, 0.15) is 0 Å². The first-order valence-electron chi connectivity index (χ1n) is 5.13. The van der Waals surface area contributed by atoms with E-state index in [1.807, 2.05) is 0 Å². The average molecular weight is 255 g/mol. The van der Waals surface area contributed by atoms with Crippen LogP contribution in [0.5, 0.6) is 0 Å². The quantitative estimate of drug-likeness (QED) is 0.332. The molecule has 1 saturated heterocycles. The minimum absolute atomic E-state index is 0.0310. The van der Waals surface area contributed by atoms with Gasteiger partial charge in [0.1, 0.15) is 0 Å². The van der Waals surface area contributed by atoms with Crippen molar-refractivity contribution < 1.29 is 23.1 Å². The fourth-order valence-electron chi connectivity index (χ4n) is 2.10. The monoisotopic (exact) mass is 255 g/mol. The second kappa shape index (κ2) is 5.54. The van der Waals surface area contributed by atoms with Gasteiger partial charge in [-0.25, -0.2) is 0 Å². The first-order valence-corrected chi connectivity index (χ1v) is 5.13. The van der Waals surface area contributed by atoms with Crippen molar-refractivity contribution in [3.8, 4) is 0 Å². The molecule has 0 saturated carbocycles. The van der Waals surface area contributed by atoms with Crippen LogP contribution >= 0.6 is 0 Å². The molecular formula is C9H16F3N3O2. The standard InChI is InChI=1S/C9H16F3N3O2/c1-17-5-6-2-15(4-8(13)14-16)3-7(6)9(10,11)12/h6-7,16H,2-5H2,1H3,(H2,13,14)/t6-,7-/m1/s1. The van der Waals surface area contributed by atoms with Gasteiger partial charge in [0, 0.05) is 26.1 Å². The van der Waals surface area contributed by atoms with Gasteiger partial charge in [0.2, 0.25) is 0 Å². The number of rotatable bonds is 4. The second-order valence-corrected chi connectivity index (χ2v) is 4.15. The summed E-state index contributed by atoms with van der Waals surface area (Å²) < 4.78 is 43.0. The molecule has 2 atom stereocenters. The van der Waals surface area contributed by atoms with Gasteiger partial charge in [-0.05, 0) is 0 Å². The number of alkyl halides is 3. The van der Waals surface area contributed by atoms with Crippen LogP contribution in [-0.2, 0) is 4.74 Å². The van der Waals surface area contributed by atoms with Gasteiger partial charge in [0.25, 0.3) is 0 Å². The molecule has 0 bridgehead atoms. The summed E-state index contributed by atoms with van der Waals surface area (Å²) in [7, 11) is 1.37. The smallest absolute Gasteiger partial charge is 0.393 e. The Labute approximate surface area is 97.0 Å². The van der Waals surface area contributed by atoms with Gasteiger partial charge in [-0.1, -0.05) is 5.16 Å². The largest absolute Gasteiger partial charge is 0.409 e. The molecular weight excluding hydrogens is 239 g/mol. The Kier molecular flexibility index (Phi) is 4.58. The van der Waals surface area contributed by atoms with Crippen molar-refractivity contribution in [2.45, 2.75) is 6.18 Å². The van der Waals surface area contributed by atoms with Gasteiger partial charge in [-0.2, -0.15) is 13.2 Å². The van der Waals surface area contributed by atoms with Crippen LogP contribution in [-0.4, -0.2) is 55.5 Å². The van der Waals surface area contributed by atoms with Crippen LogP contribution in [0.3, 0.4) is 0 Å². The predicted molar refractivity (Wildman–Crippen MR) is 54.8 cm³/mol. The van der Waals surface area contributed by atoms with Crippen molar-refractivity contribution >= 4 is 5.84 Å². The van der Waals surface area contributed by atoms with Gasteiger partial charge in [-0.15, -0.1) is 0 Å². The summed E-state index contributed by atoms with van der Waals surface area (Å²) in [6.45, 7) is 0.169. The summed E-state index contributed by atoms with van der Waals surface area (Å²) in [4.78, 5) is 1.51. The minimum atomic E-state index is -4.25. The lowest BCUT2D eigenvalue weighted by atomic mass is 9.96. The molecule has 3 N–H and O–H groups in total. The van der Waals surface area contributed by atoms with Crippen LogP contribution in [0.2, 0.25) is 0 Å². The number of nitrogens with two attached hydrogens (primary N) is 1. The third-order valence-electron chi connectivity index (χ3n) is 2.83. The van der Waals surface area contributed by atoms with Crippen LogP contribution < -0.4 is 5.73 Å². The maximum absolute atomic E-state index is 12.7. The van der Waals surface area contributed by atoms with E-state index in [-0.39, 0.29) is 32.1 Å². The van der Waals surface area contributed by atoms with Crippen LogP contribution in [0.25, 0.3) is 0 Å². The number of amidine groups is 1. The van der Waals surface area contributed by atoms with E-state index in [1.165, 1.54) is 12.0 Å². The normalized spacial score (nSPS) is 27.6. The topological polar surface area (TPSA) is 71.1 Å². The van der Waals surface area contributed by atoms with E-state index in [9.17, 15) is 13.2 Å². The Morgan fingerprint density at radius 2 is 2.18 bits per heavy atom. The highest BCUT2D eigenvalue weighted by Gasteiger charge is 2.49. The lowest BCUT2D eigenvalue weighted by molar-refractivity contribution is -0.183. The fourth-order valence-corrected chi connectivity index (χ4v) is 2.10. The number of ether oxygens (including phenoxy) is 1. The second-order valence-electron chi connectivity index (χ2n) is 4.15. The maximum atomic E-state index is 12.7. The minimum Gasteiger partial charge on any atom is -0.409 e. The molecule has 0 radical (unpaired) electrons. The highest BCUT2D eigenvalue weighted by Crippen LogP contribution is 2.37. The molecule has 0 aromatic rings. The highest BCUT2D eigenvalue weighted by atomic mass is 19.4. The number of hydrogen-bond donors (Lipinski definition) is 2. The van der Waals surface area contributed by atoms with Crippen LogP contribution in [0, 0.1) is 11.8 Å². The highest BCUT2D eigenvalue weighted by molar-refractivity contribution is 5.81. The zero-order chi connectivity index (χ0) is 13.1.